The molecule has 1 saturated carbocycles. The first-order chi connectivity index (χ1) is 7.62. The van der Waals surface area contributed by atoms with Crippen molar-refractivity contribution in [3.8, 4) is 0 Å². The Morgan fingerprint density at radius 2 is 2.12 bits per heavy atom. The van der Waals surface area contributed by atoms with Crippen LogP contribution in [0.4, 0.5) is 11.6 Å². The van der Waals surface area contributed by atoms with Crippen LogP contribution in [0.1, 0.15) is 19.3 Å². The Labute approximate surface area is 96.1 Å². The quantitative estimate of drug-likeness (QED) is 0.792. The van der Waals surface area contributed by atoms with Crippen LogP contribution in [-0.4, -0.2) is 41.0 Å². The van der Waals surface area contributed by atoms with Crippen LogP contribution in [0.25, 0.3) is 0 Å². The second-order valence-electron chi connectivity index (χ2n) is 4.65. The van der Waals surface area contributed by atoms with Gasteiger partial charge in [0.05, 0.1) is 12.4 Å². The van der Waals surface area contributed by atoms with Gasteiger partial charge in [-0.05, 0) is 33.4 Å². The maximum atomic E-state index is 5.48. The molecule has 0 spiro atoms. The van der Waals surface area contributed by atoms with E-state index in [2.05, 4.69) is 34.3 Å². The molecule has 1 aliphatic rings. The zero-order valence-corrected chi connectivity index (χ0v) is 9.90. The fourth-order valence-electron chi connectivity index (χ4n) is 2.05. The molecule has 16 heavy (non-hydrogen) atoms. The maximum absolute atomic E-state index is 5.48. The molecule has 2 rings (SSSR count). The van der Waals surface area contributed by atoms with E-state index < -0.39 is 0 Å². The summed E-state index contributed by atoms with van der Waals surface area (Å²) in [5, 5.41) is 3.33. The van der Waals surface area contributed by atoms with Crippen LogP contribution in [0.15, 0.2) is 12.4 Å². The normalized spacial score (nSPS) is 18.2. The van der Waals surface area contributed by atoms with Crippen molar-refractivity contribution in [3.05, 3.63) is 12.4 Å². The molecule has 5 heteroatoms. The third-order valence-corrected chi connectivity index (χ3v) is 3.50. The standard InChI is InChI=1S/C11H19N5/c1-16(2)11(4-3-5-11)8-15-10-7-13-9(12)6-14-10/h6-7H,3-5,8H2,1-2H3,(H2,12,13)(H,14,15). The Morgan fingerprint density at radius 1 is 1.38 bits per heavy atom. The predicted molar refractivity (Wildman–Crippen MR) is 65.2 cm³/mol. The van der Waals surface area contributed by atoms with Crippen molar-refractivity contribution >= 4 is 11.6 Å². The van der Waals surface area contributed by atoms with E-state index in [1.807, 2.05) is 0 Å². The van der Waals surface area contributed by atoms with Crippen LogP contribution in [0.3, 0.4) is 0 Å². The van der Waals surface area contributed by atoms with Gasteiger partial charge in [0, 0.05) is 12.1 Å². The Hall–Kier alpha value is -1.36. The summed E-state index contributed by atoms with van der Waals surface area (Å²) in [6.45, 7) is 0.915. The van der Waals surface area contributed by atoms with E-state index in [0.29, 0.717) is 11.4 Å². The summed E-state index contributed by atoms with van der Waals surface area (Å²) >= 11 is 0. The lowest BCUT2D eigenvalue weighted by molar-refractivity contribution is 0.0738. The van der Waals surface area contributed by atoms with E-state index >= 15 is 0 Å². The predicted octanol–water partition coefficient (Wildman–Crippen LogP) is 0.955. The van der Waals surface area contributed by atoms with Crippen LogP contribution in [0.2, 0.25) is 0 Å². The van der Waals surface area contributed by atoms with Crippen molar-refractivity contribution in [1.29, 1.82) is 0 Å². The molecular formula is C11H19N5. The fourth-order valence-corrected chi connectivity index (χ4v) is 2.05. The number of nitrogens with zero attached hydrogens (tertiary/aromatic N) is 3. The zero-order valence-electron chi connectivity index (χ0n) is 9.90. The van der Waals surface area contributed by atoms with Crippen molar-refractivity contribution in [2.24, 2.45) is 0 Å². The molecule has 0 radical (unpaired) electrons. The number of rotatable bonds is 4. The molecule has 0 aliphatic heterocycles. The van der Waals surface area contributed by atoms with Gasteiger partial charge in [-0.3, -0.25) is 0 Å². The van der Waals surface area contributed by atoms with E-state index in [1.165, 1.54) is 19.3 Å². The molecule has 1 heterocycles. The molecule has 1 aliphatic carbocycles. The summed E-state index contributed by atoms with van der Waals surface area (Å²) in [5.41, 5.74) is 5.78. The van der Waals surface area contributed by atoms with Crippen LogP contribution in [0.5, 0.6) is 0 Å². The van der Waals surface area contributed by atoms with Crippen molar-refractivity contribution in [3.63, 3.8) is 0 Å². The second kappa shape index (κ2) is 4.25. The average Bonchev–Trinajstić information content (AvgIpc) is 2.18. The van der Waals surface area contributed by atoms with Gasteiger partial charge in [-0.15, -0.1) is 0 Å². The summed E-state index contributed by atoms with van der Waals surface area (Å²) in [7, 11) is 4.27. The fraction of sp³-hybridized carbons (Fsp3) is 0.636. The van der Waals surface area contributed by atoms with Gasteiger partial charge in [-0.1, -0.05) is 0 Å². The first kappa shape index (κ1) is 11.1. The van der Waals surface area contributed by atoms with Crippen LogP contribution in [-0.2, 0) is 0 Å². The topological polar surface area (TPSA) is 67.1 Å². The highest BCUT2D eigenvalue weighted by atomic mass is 15.2. The number of nitrogens with one attached hydrogen (secondary N) is 1. The molecule has 0 amide bonds. The number of hydrogen-bond donors (Lipinski definition) is 2. The molecule has 1 fully saturated rings. The molecule has 5 nitrogen and oxygen atoms in total. The van der Waals surface area contributed by atoms with E-state index in [0.717, 1.165) is 12.4 Å². The Balaban J connectivity index is 1.93. The number of nitrogen functional groups attached to an aromatic ring is 1. The van der Waals surface area contributed by atoms with Gasteiger partial charge >= 0.3 is 0 Å². The summed E-state index contributed by atoms with van der Waals surface area (Å²) in [4.78, 5) is 10.5. The smallest absolute Gasteiger partial charge is 0.144 e. The molecule has 88 valence electrons. The lowest BCUT2D eigenvalue weighted by Crippen LogP contribution is -2.54. The third kappa shape index (κ3) is 2.09. The number of nitrogens with two attached hydrogens (primary N) is 1. The van der Waals surface area contributed by atoms with Gasteiger partial charge in [0.2, 0.25) is 0 Å². The monoisotopic (exact) mass is 221 g/mol. The highest BCUT2D eigenvalue weighted by molar-refractivity contribution is 5.36. The molecule has 0 saturated heterocycles. The maximum Gasteiger partial charge on any atom is 0.144 e. The minimum atomic E-state index is 0.295. The average molecular weight is 221 g/mol. The molecule has 3 N–H and O–H groups in total. The Kier molecular flexibility index (Phi) is 2.96. The SMILES string of the molecule is CN(C)C1(CNc2cnc(N)cn2)CCC1. The minimum Gasteiger partial charge on any atom is -0.382 e. The highest BCUT2D eigenvalue weighted by Gasteiger charge is 2.38. The van der Waals surface area contributed by atoms with Crippen molar-refractivity contribution in [1.82, 2.24) is 14.9 Å². The largest absolute Gasteiger partial charge is 0.382 e. The number of anilines is 2. The van der Waals surface area contributed by atoms with Gasteiger partial charge in [-0.2, -0.15) is 0 Å². The van der Waals surface area contributed by atoms with Gasteiger partial charge < -0.3 is 16.0 Å². The number of aromatic nitrogens is 2. The Morgan fingerprint density at radius 3 is 2.56 bits per heavy atom. The molecule has 0 bridgehead atoms. The van der Waals surface area contributed by atoms with E-state index in [1.54, 1.807) is 12.4 Å². The lowest BCUT2D eigenvalue weighted by Gasteiger charge is -2.47. The van der Waals surface area contributed by atoms with E-state index in [4.69, 9.17) is 5.73 Å². The summed E-state index contributed by atoms with van der Waals surface area (Å²) in [5.74, 6) is 1.25. The van der Waals surface area contributed by atoms with Gasteiger partial charge in [0.25, 0.3) is 0 Å². The van der Waals surface area contributed by atoms with Crippen LogP contribution < -0.4 is 11.1 Å². The molecule has 0 atom stereocenters. The molecule has 1 aromatic rings. The minimum absolute atomic E-state index is 0.295. The summed E-state index contributed by atoms with van der Waals surface area (Å²) in [6, 6.07) is 0. The molecule has 1 aromatic heterocycles. The highest BCUT2D eigenvalue weighted by Crippen LogP contribution is 2.35. The number of likely N-dealkylation sites (N-methyl/N-ethyl adjacent to an activating group) is 1. The van der Waals surface area contributed by atoms with Gasteiger partial charge in [0.1, 0.15) is 11.6 Å². The van der Waals surface area contributed by atoms with Crippen molar-refractivity contribution in [2.75, 3.05) is 31.7 Å². The molecular weight excluding hydrogens is 202 g/mol. The van der Waals surface area contributed by atoms with Gasteiger partial charge in [0.15, 0.2) is 0 Å². The zero-order chi connectivity index (χ0) is 11.6. The first-order valence-corrected chi connectivity index (χ1v) is 5.61. The van der Waals surface area contributed by atoms with E-state index in [9.17, 15) is 0 Å². The molecule has 0 unspecified atom stereocenters. The van der Waals surface area contributed by atoms with E-state index in [-0.39, 0.29) is 0 Å². The second-order valence-corrected chi connectivity index (χ2v) is 4.65. The van der Waals surface area contributed by atoms with Crippen molar-refractivity contribution in [2.45, 2.75) is 24.8 Å². The number of hydrogen-bond acceptors (Lipinski definition) is 5. The summed E-state index contributed by atoms with van der Waals surface area (Å²) in [6.07, 6.45) is 7.06. The van der Waals surface area contributed by atoms with Crippen LogP contribution >= 0.6 is 0 Å². The third-order valence-electron chi connectivity index (χ3n) is 3.50. The first-order valence-electron chi connectivity index (χ1n) is 5.61. The molecule has 0 aromatic carbocycles. The van der Waals surface area contributed by atoms with Crippen LogP contribution in [0, 0.1) is 0 Å². The van der Waals surface area contributed by atoms with Gasteiger partial charge in [-0.25, -0.2) is 9.97 Å². The van der Waals surface area contributed by atoms with Crippen molar-refractivity contribution < 1.29 is 0 Å². The summed E-state index contributed by atoms with van der Waals surface area (Å²) < 4.78 is 0. The lowest BCUT2D eigenvalue weighted by atomic mass is 9.75. The Bertz CT molecular complexity index is 342.